The summed E-state index contributed by atoms with van der Waals surface area (Å²) in [5.74, 6) is 0. The second kappa shape index (κ2) is 6.55. The summed E-state index contributed by atoms with van der Waals surface area (Å²) in [5, 5.41) is 2.53. The molecule has 0 saturated heterocycles. The maximum Gasteiger partial charge on any atom is 0.0153 e. The minimum absolute atomic E-state index is 0.00161. The molecule has 0 saturated carbocycles. The SMILES string of the molecule is C=C/C(=C\C1=Cc2ccc(I)cc2C1(C)C)c1ccc2ccccc2c1. The standard InChI is InChI=1S/C25H21I/c1-4-17(20-10-9-18-7-5-6-8-19(18)13-20)14-22-15-21-11-12-23(26)16-24(21)25(22,2)3/h4-16H,1H2,2-3H3/b17-14+. The van der Waals surface area contributed by atoms with Gasteiger partial charge in [-0.3, -0.25) is 0 Å². The van der Waals surface area contributed by atoms with E-state index >= 15 is 0 Å². The van der Waals surface area contributed by atoms with Gasteiger partial charge in [-0.2, -0.15) is 0 Å². The first-order valence-electron chi connectivity index (χ1n) is 8.84. The van der Waals surface area contributed by atoms with E-state index in [2.05, 4.69) is 116 Å². The van der Waals surface area contributed by atoms with Gasteiger partial charge in [-0.1, -0.05) is 81.1 Å². The zero-order valence-electron chi connectivity index (χ0n) is 15.1. The molecule has 0 fully saturated rings. The lowest BCUT2D eigenvalue weighted by atomic mass is 9.80. The van der Waals surface area contributed by atoms with Crippen molar-refractivity contribution < 1.29 is 0 Å². The van der Waals surface area contributed by atoms with Crippen molar-refractivity contribution >= 4 is 45.0 Å². The topological polar surface area (TPSA) is 0 Å². The van der Waals surface area contributed by atoms with Gasteiger partial charge in [0.1, 0.15) is 0 Å². The van der Waals surface area contributed by atoms with E-state index in [0.717, 1.165) is 5.57 Å². The molecule has 0 bridgehead atoms. The largest absolute Gasteiger partial charge is 0.0984 e. The van der Waals surface area contributed by atoms with Crippen molar-refractivity contribution in [1.29, 1.82) is 0 Å². The number of rotatable bonds is 3. The summed E-state index contributed by atoms with van der Waals surface area (Å²) in [6, 6.07) is 21.8. The molecule has 1 aliphatic rings. The molecule has 1 heteroatoms. The van der Waals surface area contributed by atoms with E-state index in [1.165, 1.54) is 36.6 Å². The number of allylic oxidation sites excluding steroid dienone is 4. The molecule has 0 unspecified atom stereocenters. The van der Waals surface area contributed by atoms with Gasteiger partial charge in [0.05, 0.1) is 0 Å². The summed E-state index contributed by atoms with van der Waals surface area (Å²) < 4.78 is 1.28. The molecule has 0 N–H and O–H groups in total. The van der Waals surface area contributed by atoms with Gasteiger partial charge in [0.15, 0.2) is 0 Å². The van der Waals surface area contributed by atoms with Gasteiger partial charge in [0, 0.05) is 8.99 Å². The Bertz CT molecular complexity index is 1080. The van der Waals surface area contributed by atoms with Crippen LogP contribution in [0.2, 0.25) is 0 Å². The van der Waals surface area contributed by atoms with Crippen LogP contribution in [0.5, 0.6) is 0 Å². The highest BCUT2D eigenvalue weighted by Gasteiger charge is 2.31. The summed E-state index contributed by atoms with van der Waals surface area (Å²) in [4.78, 5) is 0. The van der Waals surface area contributed by atoms with Crippen LogP contribution in [-0.2, 0) is 5.41 Å². The molecule has 128 valence electrons. The zero-order chi connectivity index (χ0) is 18.3. The second-order valence-corrected chi connectivity index (χ2v) is 8.57. The van der Waals surface area contributed by atoms with E-state index in [1.54, 1.807) is 0 Å². The fourth-order valence-corrected chi connectivity index (χ4v) is 4.21. The van der Waals surface area contributed by atoms with Crippen LogP contribution in [0.3, 0.4) is 0 Å². The average Bonchev–Trinajstić information content (AvgIpc) is 2.89. The van der Waals surface area contributed by atoms with Crippen LogP contribution in [-0.4, -0.2) is 0 Å². The Morgan fingerprint density at radius 1 is 0.962 bits per heavy atom. The lowest BCUT2D eigenvalue weighted by Crippen LogP contribution is -2.16. The molecule has 1 aliphatic carbocycles. The van der Waals surface area contributed by atoms with E-state index in [9.17, 15) is 0 Å². The smallest absolute Gasteiger partial charge is 0.0153 e. The van der Waals surface area contributed by atoms with Crippen LogP contribution in [0, 0.1) is 3.57 Å². The predicted octanol–water partition coefficient (Wildman–Crippen LogP) is 7.39. The maximum absolute atomic E-state index is 4.07. The molecule has 0 radical (unpaired) electrons. The van der Waals surface area contributed by atoms with E-state index < -0.39 is 0 Å². The van der Waals surface area contributed by atoms with Crippen LogP contribution in [0.15, 0.2) is 85.0 Å². The molecule has 0 spiro atoms. The molecule has 0 amide bonds. The van der Waals surface area contributed by atoms with Gasteiger partial charge in [-0.05, 0) is 79.4 Å². The summed E-state index contributed by atoms with van der Waals surface area (Å²) in [5.41, 5.74) is 6.43. The molecule has 0 nitrogen and oxygen atoms in total. The quantitative estimate of drug-likeness (QED) is 0.290. The Kier molecular flexibility index (Phi) is 4.36. The van der Waals surface area contributed by atoms with Gasteiger partial charge in [0.2, 0.25) is 0 Å². The molecule has 0 aliphatic heterocycles. The predicted molar refractivity (Wildman–Crippen MR) is 122 cm³/mol. The number of halogens is 1. The minimum Gasteiger partial charge on any atom is -0.0984 e. The molecule has 0 aromatic heterocycles. The van der Waals surface area contributed by atoms with Crippen LogP contribution >= 0.6 is 22.6 Å². The van der Waals surface area contributed by atoms with Crippen molar-refractivity contribution in [3.63, 3.8) is 0 Å². The lowest BCUT2D eigenvalue weighted by molar-refractivity contribution is 0.654. The van der Waals surface area contributed by atoms with Gasteiger partial charge in [0.25, 0.3) is 0 Å². The molecule has 26 heavy (non-hydrogen) atoms. The molecular weight excluding hydrogens is 427 g/mol. The second-order valence-electron chi connectivity index (χ2n) is 7.32. The normalized spacial score (nSPS) is 15.7. The molecule has 0 heterocycles. The van der Waals surface area contributed by atoms with Crippen molar-refractivity contribution in [2.24, 2.45) is 0 Å². The summed E-state index contributed by atoms with van der Waals surface area (Å²) in [6.07, 6.45) is 6.58. The number of fused-ring (bicyclic) bond motifs is 2. The van der Waals surface area contributed by atoms with Crippen molar-refractivity contribution in [2.45, 2.75) is 19.3 Å². The Hall–Kier alpha value is -2.13. The van der Waals surface area contributed by atoms with E-state index in [0.29, 0.717) is 0 Å². The Labute approximate surface area is 169 Å². The highest BCUT2D eigenvalue weighted by Crippen LogP contribution is 2.43. The van der Waals surface area contributed by atoms with Gasteiger partial charge in [-0.15, -0.1) is 0 Å². The first-order valence-corrected chi connectivity index (χ1v) is 9.92. The first-order chi connectivity index (χ1) is 12.5. The van der Waals surface area contributed by atoms with Crippen LogP contribution < -0.4 is 0 Å². The van der Waals surface area contributed by atoms with Crippen LogP contribution in [0.25, 0.3) is 22.4 Å². The van der Waals surface area contributed by atoms with Gasteiger partial charge < -0.3 is 0 Å². The first kappa shape index (κ1) is 17.3. The fraction of sp³-hybridized carbons (Fsp3) is 0.120. The van der Waals surface area contributed by atoms with Crippen molar-refractivity contribution in [3.05, 3.63) is 105 Å². The minimum atomic E-state index is 0.00161. The summed E-state index contributed by atoms with van der Waals surface area (Å²) in [6.45, 7) is 8.68. The van der Waals surface area contributed by atoms with Crippen LogP contribution in [0.1, 0.15) is 30.5 Å². The highest BCUT2D eigenvalue weighted by molar-refractivity contribution is 14.1. The van der Waals surface area contributed by atoms with Crippen molar-refractivity contribution in [3.8, 4) is 0 Å². The number of hydrogen-bond donors (Lipinski definition) is 0. The lowest BCUT2D eigenvalue weighted by Gasteiger charge is -2.23. The molecule has 3 aromatic rings. The molecule has 3 aromatic carbocycles. The fourth-order valence-electron chi connectivity index (χ4n) is 3.72. The highest BCUT2D eigenvalue weighted by atomic mass is 127. The monoisotopic (exact) mass is 448 g/mol. The Morgan fingerprint density at radius 2 is 1.73 bits per heavy atom. The average molecular weight is 448 g/mol. The van der Waals surface area contributed by atoms with Crippen molar-refractivity contribution in [1.82, 2.24) is 0 Å². The van der Waals surface area contributed by atoms with Crippen molar-refractivity contribution in [2.75, 3.05) is 0 Å². The third-order valence-corrected chi connectivity index (χ3v) is 6.01. The van der Waals surface area contributed by atoms with E-state index in [4.69, 9.17) is 0 Å². The number of benzene rings is 3. The summed E-state index contributed by atoms with van der Waals surface area (Å²) in [7, 11) is 0. The van der Waals surface area contributed by atoms with Gasteiger partial charge in [-0.25, -0.2) is 0 Å². The van der Waals surface area contributed by atoms with E-state index in [-0.39, 0.29) is 5.41 Å². The molecule has 4 rings (SSSR count). The van der Waals surface area contributed by atoms with Gasteiger partial charge >= 0.3 is 0 Å². The van der Waals surface area contributed by atoms with Crippen LogP contribution in [0.4, 0.5) is 0 Å². The number of hydrogen-bond acceptors (Lipinski definition) is 0. The van der Waals surface area contributed by atoms with E-state index in [1.807, 2.05) is 6.08 Å². The Morgan fingerprint density at radius 3 is 2.50 bits per heavy atom. The molecular formula is C25H21I. The maximum atomic E-state index is 4.07. The third kappa shape index (κ3) is 2.95. The molecule has 0 atom stereocenters. The third-order valence-electron chi connectivity index (χ3n) is 5.34. The Balaban J connectivity index is 1.79. The summed E-state index contributed by atoms with van der Waals surface area (Å²) >= 11 is 2.39. The zero-order valence-corrected chi connectivity index (χ0v) is 17.2.